The zero-order valence-corrected chi connectivity index (χ0v) is 13.3. The molecule has 3 atom stereocenters. The van der Waals surface area contributed by atoms with Gasteiger partial charge in [0.2, 0.25) is 0 Å². The molecule has 0 amide bonds. The van der Waals surface area contributed by atoms with E-state index in [1.807, 2.05) is 0 Å². The summed E-state index contributed by atoms with van der Waals surface area (Å²) in [6.45, 7) is 4.80. The topological polar surface area (TPSA) is 12.0 Å². The average Bonchev–Trinajstić information content (AvgIpc) is 2.64. The predicted molar refractivity (Wildman–Crippen MR) is 79.5 cm³/mol. The van der Waals surface area contributed by atoms with E-state index in [2.05, 4.69) is 53.6 Å². The van der Waals surface area contributed by atoms with E-state index in [9.17, 15) is 0 Å². The van der Waals surface area contributed by atoms with Crippen molar-refractivity contribution in [3.63, 3.8) is 0 Å². The quantitative estimate of drug-likeness (QED) is 0.841. The summed E-state index contributed by atoms with van der Waals surface area (Å²) in [4.78, 5) is 0. The molecule has 17 heavy (non-hydrogen) atoms. The predicted octanol–water partition coefficient (Wildman–Crippen LogP) is 4.84. The third-order valence-electron chi connectivity index (χ3n) is 3.94. The van der Waals surface area contributed by atoms with E-state index in [-0.39, 0.29) is 0 Å². The zero-order chi connectivity index (χ0) is 12.4. The fourth-order valence-corrected chi connectivity index (χ4v) is 4.65. The molecule has 1 aliphatic rings. The van der Waals surface area contributed by atoms with Crippen LogP contribution >= 0.6 is 27.3 Å². The SMILES string of the molecule is CNC(c1csc(Br)c1)C1CC(C)CC(C)C1. The van der Waals surface area contributed by atoms with Crippen LogP contribution in [-0.4, -0.2) is 7.05 Å². The normalized spacial score (nSPS) is 31.4. The Kier molecular flexibility index (Phi) is 4.67. The van der Waals surface area contributed by atoms with Gasteiger partial charge in [-0.2, -0.15) is 0 Å². The molecule has 0 aromatic carbocycles. The molecule has 1 heterocycles. The van der Waals surface area contributed by atoms with E-state index in [0.29, 0.717) is 6.04 Å². The van der Waals surface area contributed by atoms with Gasteiger partial charge in [0.05, 0.1) is 3.79 Å². The average molecular weight is 316 g/mol. The Hall–Kier alpha value is 0.140. The molecule has 96 valence electrons. The Labute approximate surface area is 117 Å². The van der Waals surface area contributed by atoms with Crippen LogP contribution in [0.15, 0.2) is 15.2 Å². The summed E-state index contributed by atoms with van der Waals surface area (Å²) < 4.78 is 1.24. The first-order valence-corrected chi connectivity index (χ1v) is 8.18. The van der Waals surface area contributed by atoms with Gasteiger partial charge in [-0.15, -0.1) is 11.3 Å². The molecule has 0 radical (unpaired) electrons. The summed E-state index contributed by atoms with van der Waals surface area (Å²) in [6.07, 6.45) is 4.13. The molecule has 0 saturated heterocycles. The molecule has 2 rings (SSSR count). The van der Waals surface area contributed by atoms with Crippen LogP contribution in [0.1, 0.15) is 44.7 Å². The van der Waals surface area contributed by atoms with Gasteiger partial charge in [0.25, 0.3) is 0 Å². The van der Waals surface area contributed by atoms with Crippen molar-refractivity contribution in [2.24, 2.45) is 17.8 Å². The second-order valence-corrected chi connectivity index (χ2v) is 7.92. The molecule has 1 fully saturated rings. The molecule has 1 saturated carbocycles. The molecule has 3 unspecified atom stereocenters. The number of hydrogen-bond donors (Lipinski definition) is 1. The highest BCUT2D eigenvalue weighted by Gasteiger charge is 2.30. The van der Waals surface area contributed by atoms with Gasteiger partial charge in [0.15, 0.2) is 0 Å². The van der Waals surface area contributed by atoms with Crippen LogP contribution in [0.25, 0.3) is 0 Å². The van der Waals surface area contributed by atoms with Crippen molar-refractivity contribution < 1.29 is 0 Å². The van der Waals surface area contributed by atoms with Crippen molar-refractivity contribution in [1.29, 1.82) is 0 Å². The highest BCUT2D eigenvalue weighted by Crippen LogP contribution is 2.40. The molecular formula is C14H22BrNS. The Bertz CT molecular complexity index is 353. The van der Waals surface area contributed by atoms with Crippen LogP contribution in [0, 0.1) is 17.8 Å². The first-order valence-electron chi connectivity index (χ1n) is 6.51. The molecule has 1 aliphatic carbocycles. The van der Waals surface area contributed by atoms with Crippen LogP contribution in [0.3, 0.4) is 0 Å². The van der Waals surface area contributed by atoms with Gasteiger partial charge in [-0.3, -0.25) is 0 Å². The summed E-state index contributed by atoms with van der Waals surface area (Å²) in [5, 5.41) is 5.82. The van der Waals surface area contributed by atoms with Gasteiger partial charge in [0.1, 0.15) is 0 Å². The Morgan fingerprint density at radius 1 is 1.29 bits per heavy atom. The minimum absolute atomic E-state index is 0.530. The van der Waals surface area contributed by atoms with E-state index in [0.717, 1.165) is 17.8 Å². The monoisotopic (exact) mass is 315 g/mol. The van der Waals surface area contributed by atoms with Gasteiger partial charge in [-0.25, -0.2) is 0 Å². The molecule has 0 spiro atoms. The molecule has 1 nitrogen and oxygen atoms in total. The first-order chi connectivity index (χ1) is 8.10. The number of halogens is 1. The van der Waals surface area contributed by atoms with Crippen LogP contribution in [0.5, 0.6) is 0 Å². The summed E-state index contributed by atoms with van der Waals surface area (Å²) in [7, 11) is 2.10. The highest BCUT2D eigenvalue weighted by atomic mass is 79.9. The lowest BCUT2D eigenvalue weighted by molar-refractivity contribution is 0.181. The van der Waals surface area contributed by atoms with Gasteiger partial charge in [-0.05, 0) is 77.0 Å². The fraction of sp³-hybridized carbons (Fsp3) is 0.714. The summed E-state index contributed by atoms with van der Waals surface area (Å²) in [5.41, 5.74) is 1.45. The molecule has 0 aliphatic heterocycles. The van der Waals surface area contributed by atoms with Crippen LogP contribution in [0.4, 0.5) is 0 Å². The summed E-state index contributed by atoms with van der Waals surface area (Å²) in [6, 6.07) is 2.80. The highest BCUT2D eigenvalue weighted by molar-refractivity contribution is 9.11. The Morgan fingerprint density at radius 3 is 2.41 bits per heavy atom. The fourth-order valence-electron chi connectivity index (χ4n) is 3.44. The van der Waals surface area contributed by atoms with Gasteiger partial charge in [0, 0.05) is 6.04 Å². The van der Waals surface area contributed by atoms with Crippen molar-refractivity contribution in [1.82, 2.24) is 5.32 Å². The van der Waals surface area contributed by atoms with Crippen LogP contribution in [0.2, 0.25) is 0 Å². The lowest BCUT2D eigenvalue weighted by Gasteiger charge is -2.36. The largest absolute Gasteiger partial charge is 0.313 e. The minimum Gasteiger partial charge on any atom is -0.313 e. The van der Waals surface area contributed by atoms with Gasteiger partial charge in [-0.1, -0.05) is 13.8 Å². The van der Waals surface area contributed by atoms with Crippen molar-refractivity contribution in [3.8, 4) is 0 Å². The minimum atomic E-state index is 0.530. The first kappa shape index (κ1) is 13.6. The second kappa shape index (κ2) is 5.85. The zero-order valence-electron chi connectivity index (χ0n) is 10.9. The summed E-state index contributed by atoms with van der Waals surface area (Å²) >= 11 is 5.36. The van der Waals surface area contributed by atoms with Crippen LogP contribution in [-0.2, 0) is 0 Å². The van der Waals surface area contributed by atoms with Crippen molar-refractivity contribution in [2.75, 3.05) is 7.05 Å². The van der Waals surface area contributed by atoms with Crippen LogP contribution < -0.4 is 5.32 Å². The number of nitrogens with one attached hydrogen (secondary N) is 1. The van der Waals surface area contributed by atoms with E-state index < -0.39 is 0 Å². The Morgan fingerprint density at radius 2 is 1.94 bits per heavy atom. The van der Waals surface area contributed by atoms with Crippen molar-refractivity contribution in [3.05, 3.63) is 20.8 Å². The van der Waals surface area contributed by atoms with E-state index in [1.165, 1.54) is 28.6 Å². The molecule has 0 bridgehead atoms. The maximum absolute atomic E-state index is 3.57. The van der Waals surface area contributed by atoms with Gasteiger partial charge < -0.3 is 5.32 Å². The number of rotatable bonds is 3. The second-order valence-electron chi connectivity index (χ2n) is 5.63. The standard InChI is InChI=1S/C14H22BrNS/c1-9-4-10(2)6-11(5-9)14(16-3)12-7-13(15)17-8-12/h7-11,14,16H,4-6H2,1-3H3. The van der Waals surface area contributed by atoms with Crippen molar-refractivity contribution >= 4 is 27.3 Å². The van der Waals surface area contributed by atoms with E-state index in [4.69, 9.17) is 0 Å². The lowest BCUT2D eigenvalue weighted by atomic mass is 9.73. The third kappa shape index (κ3) is 3.33. The van der Waals surface area contributed by atoms with E-state index in [1.54, 1.807) is 11.3 Å². The lowest BCUT2D eigenvalue weighted by Crippen LogP contribution is -2.31. The third-order valence-corrected chi connectivity index (χ3v) is 5.47. The van der Waals surface area contributed by atoms with Gasteiger partial charge >= 0.3 is 0 Å². The maximum atomic E-state index is 3.57. The van der Waals surface area contributed by atoms with Crippen molar-refractivity contribution in [2.45, 2.75) is 39.2 Å². The molecular weight excluding hydrogens is 294 g/mol. The summed E-state index contributed by atoms with van der Waals surface area (Å²) in [5.74, 6) is 2.55. The molecule has 1 N–H and O–H groups in total. The molecule has 1 aromatic rings. The number of hydrogen-bond acceptors (Lipinski definition) is 2. The number of thiophene rings is 1. The van der Waals surface area contributed by atoms with E-state index >= 15 is 0 Å². The molecule has 1 aromatic heterocycles. The maximum Gasteiger partial charge on any atom is 0.0701 e. The Balaban J connectivity index is 2.12. The smallest absolute Gasteiger partial charge is 0.0701 e. The molecule has 3 heteroatoms.